The molecule has 1 fully saturated rings. The smallest absolute Gasteiger partial charge is 0.313 e. The van der Waals surface area contributed by atoms with E-state index in [9.17, 15) is 14.7 Å². The summed E-state index contributed by atoms with van der Waals surface area (Å²) in [5, 5.41) is 10.9. The van der Waals surface area contributed by atoms with Gasteiger partial charge in [-0.3, -0.25) is 9.59 Å². The number of methoxy groups -OCH3 is 1. The summed E-state index contributed by atoms with van der Waals surface area (Å²) in [4.78, 5) is 30.2. The summed E-state index contributed by atoms with van der Waals surface area (Å²) in [7, 11) is 1.46. The Labute approximate surface area is 144 Å². The number of carbonyl (C=O) groups excluding carboxylic acids is 1. The molecule has 3 rings (SSSR count). The number of hydrogen-bond acceptors (Lipinski definition) is 4. The first-order valence-electron chi connectivity index (χ1n) is 7.53. The van der Waals surface area contributed by atoms with Crippen molar-refractivity contribution in [2.45, 2.75) is 6.42 Å². The van der Waals surface area contributed by atoms with Crippen molar-refractivity contribution in [1.29, 1.82) is 0 Å². The minimum Gasteiger partial charge on any atom is -0.481 e. The van der Waals surface area contributed by atoms with Crippen molar-refractivity contribution in [3.63, 3.8) is 0 Å². The number of fused-ring (bicyclic) bond motifs is 1. The number of rotatable bonds is 4. The van der Waals surface area contributed by atoms with Gasteiger partial charge in [-0.2, -0.15) is 0 Å². The largest absolute Gasteiger partial charge is 0.481 e. The maximum absolute atomic E-state index is 12.7. The number of carbonyl (C=O) groups is 2. The van der Waals surface area contributed by atoms with E-state index in [0.29, 0.717) is 23.5 Å². The van der Waals surface area contributed by atoms with E-state index in [4.69, 9.17) is 16.3 Å². The lowest BCUT2D eigenvalue weighted by atomic mass is 9.88. The fraction of sp³-hybridized carbons (Fsp3) is 0.353. The van der Waals surface area contributed by atoms with Crippen molar-refractivity contribution >= 4 is 34.4 Å². The summed E-state index contributed by atoms with van der Waals surface area (Å²) in [6.07, 6.45) is 0.362. The summed E-state index contributed by atoms with van der Waals surface area (Å²) in [5.41, 5.74) is -0.137. The van der Waals surface area contributed by atoms with Crippen molar-refractivity contribution in [3.05, 3.63) is 41.0 Å². The molecule has 24 heavy (non-hydrogen) atoms. The van der Waals surface area contributed by atoms with Gasteiger partial charge in [0.05, 0.1) is 12.1 Å². The van der Waals surface area contributed by atoms with Crippen molar-refractivity contribution in [1.82, 2.24) is 9.88 Å². The third-order valence-electron chi connectivity index (χ3n) is 4.39. The lowest BCUT2D eigenvalue weighted by Crippen LogP contribution is -2.40. The van der Waals surface area contributed by atoms with Gasteiger partial charge in [0.2, 0.25) is 0 Å². The van der Waals surface area contributed by atoms with E-state index in [2.05, 4.69) is 4.98 Å². The van der Waals surface area contributed by atoms with Gasteiger partial charge in [-0.25, -0.2) is 4.98 Å². The molecule has 1 unspecified atom stereocenters. The SMILES string of the molecule is COCC1(C(=O)O)CCN(C(=O)c2ccc3ccc(Cl)cc3n2)C1. The molecule has 0 saturated carbocycles. The number of aliphatic carboxylic acids is 1. The molecule has 126 valence electrons. The molecule has 1 saturated heterocycles. The number of hydrogen-bond donors (Lipinski definition) is 1. The van der Waals surface area contributed by atoms with Crippen molar-refractivity contribution in [2.75, 3.05) is 26.8 Å². The quantitative estimate of drug-likeness (QED) is 0.918. The van der Waals surface area contributed by atoms with E-state index in [0.717, 1.165) is 5.39 Å². The molecule has 1 aliphatic heterocycles. The molecule has 1 aromatic carbocycles. The predicted molar refractivity (Wildman–Crippen MR) is 89.2 cm³/mol. The molecule has 7 heteroatoms. The van der Waals surface area contributed by atoms with Crippen molar-refractivity contribution in [3.8, 4) is 0 Å². The van der Waals surface area contributed by atoms with Gasteiger partial charge in [0, 0.05) is 30.6 Å². The highest BCUT2D eigenvalue weighted by Crippen LogP contribution is 2.32. The third-order valence-corrected chi connectivity index (χ3v) is 4.62. The predicted octanol–water partition coefficient (Wildman–Crippen LogP) is 2.45. The van der Waals surface area contributed by atoms with Crippen LogP contribution in [0.4, 0.5) is 0 Å². The maximum Gasteiger partial charge on any atom is 0.313 e. The van der Waals surface area contributed by atoms with Crippen LogP contribution in [0, 0.1) is 5.41 Å². The van der Waals surface area contributed by atoms with E-state index in [1.165, 1.54) is 12.0 Å². The summed E-state index contributed by atoms with van der Waals surface area (Å²) < 4.78 is 5.05. The molecule has 0 bridgehead atoms. The first kappa shape index (κ1) is 16.7. The minimum absolute atomic E-state index is 0.0763. The van der Waals surface area contributed by atoms with Gasteiger partial charge >= 0.3 is 5.97 Å². The number of ether oxygens (including phenoxy) is 1. The molecule has 0 aliphatic carbocycles. The van der Waals surface area contributed by atoms with Crippen LogP contribution >= 0.6 is 11.6 Å². The Balaban J connectivity index is 1.86. The van der Waals surface area contributed by atoms with E-state index in [1.807, 2.05) is 12.1 Å². The van der Waals surface area contributed by atoms with Gasteiger partial charge in [-0.05, 0) is 24.6 Å². The first-order chi connectivity index (χ1) is 11.4. The summed E-state index contributed by atoms with van der Waals surface area (Å²) >= 11 is 5.97. The van der Waals surface area contributed by atoms with Crippen LogP contribution in [0.1, 0.15) is 16.9 Å². The van der Waals surface area contributed by atoms with Crippen molar-refractivity contribution in [2.24, 2.45) is 5.41 Å². The number of carboxylic acids is 1. The van der Waals surface area contributed by atoms with Crippen LogP contribution in [0.15, 0.2) is 30.3 Å². The van der Waals surface area contributed by atoms with Gasteiger partial charge in [0.25, 0.3) is 5.91 Å². The molecule has 1 aliphatic rings. The van der Waals surface area contributed by atoms with Crippen LogP contribution in [0.3, 0.4) is 0 Å². The second kappa shape index (κ2) is 6.37. The zero-order chi connectivity index (χ0) is 17.3. The Kier molecular flexibility index (Phi) is 4.43. The Morgan fingerprint density at radius 2 is 2.12 bits per heavy atom. The number of amides is 1. The standard InChI is InChI=1S/C17H17ClN2O4/c1-24-10-17(16(22)23)6-7-20(9-17)15(21)13-5-3-11-2-4-12(18)8-14(11)19-13/h2-5,8H,6-7,9-10H2,1H3,(H,22,23). The van der Waals surface area contributed by atoms with Gasteiger partial charge in [-0.1, -0.05) is 23.7 Å². The normalized spacial score (nSPS) is 20.5. The van der Waals surface area contributed by atoms with Crippen LogP contribution in [-0.2, 0) is 9.53 Å². The van der Waals surface area contributed by atoms with Crippen LogP contribution in [0.5, 0.6) is 0 Å². The van der Waals surface area contributed by atoms with Gasteiger partial charge < -0.3 is 14.7 Å². The van der Waals surface area contributed by atoms with E-state index >= 15 is 0 Å². The van der Waals surface area contributed by atoms with Crippen LogP contribution in [-0.4, -0.2) is 53.7 Å². The van der Waals surface area contributed by atoms with Crippen molar-refractivity contribution < 1.29 is 19.4 Å². The fourth-order valence-electron chi connectivity index (χ4n) is 3.05. The summed E-state index contributed by atoms with van der Waals surface area (Å²) in [6, 6.07) is 8.75. The molecule has 0 spiro atoms. The first-order valence-corrected chi connectivity index (χ1v) is 7.91. The van der Waals surface area contributed by atoms with Crippen LogP contribution in [0.2, 0.25) is 5.02 Å². The average molecular weight is 349 g/mol. The zero-order valence-corrected chi connectivity index (χ0v) is 13.9. The number of benzene rings is 1. The topological polar surface area (TPSA) is 79.7 Å². The fourth-order valence-corrected chi connectivity index (χ4v) is 3.21. The highest BCUT2D eigenvalue weighted by atomic mass is 35.5. The molecule has 1 N–H and O–H groups in total. The Morgan fingerprint density at radius 1 is 1.38 bits per heavy atom. The highest BCUT2D eigenvalue weighted by molar-refractivity contribution is 6.31. The molecular formula is C17H17ClN2O4. The Hall–Kier alpha value is -2.18. The Morgan fingerprint density at radius 3 is 2.83 bits per heavy atom. The lowest BCUT2D eigenvalue weighted by Gasteiger charge is -2.23. The molecule has 1 atom stereocenters. The maximum atomic E-state index is 12.7. The number of likely N-dealkylation sites (tertiary alicyclic amines) is 1. The second-order valence-electron chi connectivity index (χ2n) is 6.03. The minimum atomic E-state index is -1.05. The molecule has 1 amide bonds. The average Bonchev–Trinajstić information content (AvgIpc) is 2.99. The van der Waals surface area contributed by atoms with E-state index in [1.54, 1.807) is 18.2 Å². The molecule has 2 aromatic rings. The molecular weight excluding hydrogens is 332 g/mol. The van der Waals surface area contributed by atoms with Crippen LogP contribution in [0.25, 0.3) is 10.9 Å². The third kappa shape index (κ3) is 2.95. The number of nitrogens with zero attached hydrogens (tertiary/aromatic N) is 2. The van der Waals surface area contributed by atoms with Crippen LogP contribution < -0.4 is 0 Å². The summed E-state index contributed by atoms with van der Waals surface area (Å²) in [5.74, 6) is -1.23. The number of halogens is 1. The second-order valence-corrected chi connectivity index (χ2v) is 6.47. The highest BCUT2D eigenvalue weighted by Gasteiger charge is 2.46. The Bertz CT molecular complexity index is 810. The molecule has 2 heterocycles. The molecule has 6 nitrogen and oxygen atoms in total. The molecule has 0 radical (unpaired) electrons. The monoisotopic (exact) mass is 348 g/mol. The lowest BCUT2D eigenvalue weighted by molar-refractivity contribution is -0.151. The summed E-state index contributed by atoms with van der Waals surface area (Å²) in [6.45, 7) is 0.556. The van der Waals surface area contributed by atoms with Gasteiger partial charge in [0.1, 0.15) is 11.1 Å². The number of carboxylic acid groups (broad SMARTS) is 1. The number of pyridine rings is 1. The number of aromatic nitrogens is 1. The van der Waals surface area contributed by atoms with E-state index < -0.39 is 11.4 Å². The van der Waals surface area contributed by atoms with Gasteiger partial charge in [-0.15, -0.1) is 0 Å². The zero-order valence-electron chi connectivity index (χ0n) is 13.2. The van der Waals surface area contributed by atoms with Gasteiger partial charge in [0.15, 0.2) is 0 Å². The van der Waals surface area contributed by atoms with E-state index in [-0.39, 0.29) is 24.8 Å². The molecule has 1 aromatic heterocycles.